The molecule has 2 atom stereocenters. The molecule has 0 bridgehead atoms. The summed E-state index contributed by atoms with van der Waals surface area (Å²) < 4.78 is 0. The van der Waals surface area contributed by atoms with Crippen molar-refractivity contribution in [2.75, 3.05) is 32.7 Å². The average Bonchev–Trinajstić information content (AvgIpc) is 2.39. The normalized spacial score (nSPS) is 25.4. The molecule has 20 heavy (non-hydrogen) atoms. The Balaban J connectivity index is 2.03. The molecule has 120 valence electrons. The van der Waals surface area contributed by atoms with Crippen LogP contribution >= 0.6 is 0 Å². The maximum Gasteiger partial charge on any atom is 0.00193 e. The highest BCUT2D eigenvalue weighted by Gasteiger charge is 2.16. The Labute approximate surface area is 127 Å². The molecule has 0 aromatic rings. The van der Waals surface area contributed by atoms with Crippen molar-refractivity contribution >= 4 is 0 Å². The highest BCUT2D eigenvalue weighted by Crippen LogP contribution is 2.11. The van der Waals surface area contributed by atoms with E-state index in [-0.39, 0.29) is 0 Å². The van der Waals surface area contributed by atoms with Crippen LogP contribution in [0, 0.1) is 11.8 Å². The molecular formula is C18H38N2. The number of nitrogens with one attached hydrogen (secondary N) is 1. The van der Waals surface area contributed by atoms with E-state index >= 15 is 0 Å². The first-order valence-electron chi connectivity index (χ1n) is 9.15. The third kappa shape index (κ3) is 8.97. The summed E-state index contributed by atoms with van der Waals surface area (Å²) in [6.45, 7) is 13.3. The van der Waals surface area contributed by atoms with Crippen LogP contribution < -0.4 is 5.32 Å². The van der Waals surface area contributed by atoms with E-state index in [0.29, 0.717) is 0 Å². The summed E-state index contributed by atoms with van der Waals surface area (Å²) in [6, 6.07) is 0. The maximum atomic E-state index is 3.58. The van der Waals surface area contributed by atoms with Crippen LogP contribution in [0.4, 0.5) is 0 Å². The van der Waals surface area contributed by atoms with E-state index in [1.807, 2.05) is 0 Å². The van der Waals surface area contributed by atoms with Gasteiger partial charge in [-0.05, 0) is 37.9 Å². The molecule has 1 saturated heterocycles. The van der Waals surface area contributed by atoms with Gasteiger partial charge in [0.05, 0.1) is 0 Å². The van der Waals surface area contributed by atoms with Gasteiger partial charge in [-0.1, -0.05) is 65.7 Å². The Kier molecular flexibility index (Phi) is 10.4. The SMILES string of the molecule is CCCCCCCCCCN1CC(C)CNCC(C)C1. The molecule has 2 heteroatoms. The van der Waals surface area contributed by atoms with Gasteiger partial charge in [0, 0.05) is 13.1 Å². The fourth-order valence-electron chi connectivity index (χ4n) is 3.31. The first-order chi connectivity index (χ1) is 9.72. The van der Waals surface area contributed by atoms with Crippen LogP contribution in [0.2, 0.25) is 0 Å². The van der Waals surface area contributed by atoms with Crippen LogP contribution in [-0.4, -0.2) is 37.6 Å². The second kappa shape index (κ2) is 11.6. The Hall–Kier alpha value is -0.0800. The molecule has 0 aromatic heterocycles. The van der Waals surface area contributed by atoms with Crippen molar-refractivity contribution in [3.05, 3.63) is 0 Å². The van der Waals surface area contributed by atoms with Gasteiger partial charge < -0.3 is 10.2 Å². The molecule has 1 heterocycles. The van der Waals surface area contributed by atoms with Gasteiger partial charge in [-0.3, -0.25) is 0 Å². The lowest BCUT2D eigenvalue weighted by atomic mass is 10.0. The first kappa shape index (κ1) is 18.0. The molecule has 0 radical (unpaired) electrons. The first-order valence-corrected chi connectivity index (χ1v) is 9.15. The minimum atomic E-state index is 0.802. The van der Waals surface area contributed by atoms with Crippen LogP contribution in [0.5, 0.6) is 0 Å². The largest absolute Gasteiger partial charge is 0.316 e. The Morgan fingerprint density at radius 3 is 1.85 bits per heavy atom. The number of hydrogen-bond donors (Lipinski definition) is 1. The second-order valence-electron chi connectivity index (χ2n) is 7.10. The lowest BCUT2D eigenvalue weighted by molar-refractivity contribution is 0.182. The Bertz CT molecular complexity index is 205. The number of unbranched alkanes of at least 4 members (excludes halogenated alkanes) is 7. The summed E-state index contributed by atoms with van der Waals surface area (Å²) >= 11 is 0. The number of nitrogens with zero attached hydrogens (tertiary/aromatic N) is 1. The lowest BCUT2D eigenvalue weighted by Crippen LogP contribution is -2.42. The molecule has 0 aromatic carbocycles. The highest BCUT2D eigenvalue weighted by atomic mass is 15.1. The molecular weight excluding hydrogens is 244 g/mol. The maximum absolute atomic E-state index is 3.58. The van der Waals surface area contributed by atoms with E-state index < -0.39 is 0 Å². The zero-order valence-corrected chi connectivity index (χ0v) is 14.3. The minimum absolute atomic E-state index is 0.802. The molecule has 1 fully saturated rings. The van der Waals surface area contributed by atoms with Gasteiger partial charge in [-0.25, -0.2) is 0 Å². The van der Waals surface area contributed by atoms with Crippen molar-refractivity contribution in [1.82, 2.24) is 10.2 Å². The molecule has 1 aliphatic heterocycles. The molecule has 0 spiro atoms. The van der Waals surface area contributed by atoms with E-state index in [2.05, 4.69) is 31.0 Å². The minimum Gasteiger partial charge on any atom is -0.316 e. The van der Waals surface area contributed by atoms with Crippen molar-refractivity contribution in [2.45, 2.75) is 72.1 Å². The summed E-state index contributed by atoms with van der Waals surface area (Å²) in [4.78, 5) is 2.72. The average molecular weight is 283 g/mol. The number of rotatable bonds is 9. The molecule has 0 aliphatic carbocycles. The van der Waals surface area contributed by atoms with Crippen molar-refractivity contribution in [3.8, 4) is 0 Å². The van der Waals surface area contributed by atoms with Gasteiger partial charge >= 0.3 is 0 Å². The number of hydrogen-bond acceptors (Lipinski definition) is 2. The van der Waals surface area contributed by atoms with Crippen LogP contribution in [-0.2, 0) is 0 Å². The van der Waals surface area contributed by atoms with Crippen LogP contribution in [0.25, 0.3) is 0 Å². The summed E-state index contributed by atoms with van der Waals surface area (Å²) in [7, 11) is 0. The summed E-state index contributed by atoms with van der Waals surface area (Å²) in [5.74, 6) is 1.60. The van der Waals surface area contributed by atoms with E-state index in [1.54, 1.807) is 0 Å². The van der Waals surface area contributed by atoms with Crippen molar-refractivity contribution in [2.24, 2.45) is 11.8 Å². The van der Waals surface area contributed by atoms with Gasteiger partial charge in [0.2, 0.25) is 0 Å². The predicted octanol–water partition coefficient (Wildman–Crippen LogP) is 4.30. The van der Waals surface area contributed by atoms with Gasteiger partial charge in [0.1, 0.15) is 0 Å². The topological polar surface area (TPSA) is 15.3 Å². The van der Waals surface area contributed by atoms with Gasteiger partial charge in [0.25, 0.3) is 0 Å². The standard InChI is InChI=1S/C18H38N2/c1-4-5-6-7-8-9-10-11-12-20-15-17(2)13-19-14-18(3)16-20/h17-19H,4-16H2,1-3H3. The molecule has 2 unspecified atom stereocenters. The van der Waals surface area contributed by atoms with Crippen LogP contribution in [0.1, 0.15) is 72.1 Å². The molecule has 2 nitrogen and oxygen atoms in total. The zero-order valence-electron chi connectivity index (χ0n) is 14.3. The van der Waals surface area contributed by atoms with Crippen LogP contribution in [0.3, 0.4) is 0 Å². The fraction of sp³-hybridized carbons (Fsp3) is 1.00. The molecule has 1 aliphatic rings. The van der Waals surface area contributed by atoms with Crippen molar-refractivity contribution in [3.63, 3.8) is 0 Å². The molecule has 0 amide bonds. The second-order valence-corrected chi connectivity index (χ2v) is 7.10. The van der Waals surface area contributed by atoms with Gasteiger partial charge in [-0.2, -0.15) is 0 Å². The van der Waals surface area contributed by atoms with Crippen molar-refractivity contribution < 1.29 is 0 Å². The molecule has 1 N–H and O–H groups in total. The quantitative estimate of drug-likeness (QED) is 0.634. The third-order valence-electron chi connectivity index (χ3n) is 4.45. The van der Waals surface area contributed by atoms with Gasteiger partial charge in [-0.15, -0.1) is 0 Å². The smallest absolute Gasteiger partial charge is 0.00193 e. The summed E-state index contributed by atoms with van der Waals surface area (Å²) in [5.41, 5.74) is 0. The van der Waals surface area contributed by atoms with Gasteiger partial charge in [0.15, 0.2) is 0 Å². The Morgan fingerprint density at radius 1 is 0.800 bits per heavy atom. The predicted molar refractivity (Wildman–Crippen MR) is 90.2 cm³/mol. The monoisotopic (exact) mass is 282 g/mol. The van der Waals surface area contributed by atoms with E-state index in [9.17, 15) is 0 Å². The third-order valence-corrected chi connectivity index (χ3v) is 4.45. The Morgan fingerprint density at radius 2 is 1.30 bits per heavy atom. The summed E-state index contributed by atoms with van der Waals surface area (Å²) in [5, 5.41) is 3.58. The van der Waals surface area contributed by atoms with E-state index in [0.717, 1.165) is 11.8 Å². The van der Waals surface area contributed by atoms with E-state index in [1.165, 1.54) is 84.1 Å². The zero-order chi connectivity index (χ0) is 14.6. The highest BCUT2D eigenvalue weighted by molar-refractivity contribution is 4.73. The molecule has 0 saturated carbocycles. The van der Waals surface area contributed by atoms with Crippen molar-refractivity contribution in [1.29, 1.82) is 0 Å². The summed E-state index contributed by atoms with van der Waals surface area (Å²) in [6.07, 6.45) is 11.4. The van der Waals surface area contributed by atoms with E-state index in [4.69, 9.17) is 0 Å². The molecule has 1 rings (SSSR count). The fourth-order valence-corrected chi connectivity index (χ4v) is 3.31. The lowest BCUT2D eigenvalue weighted by Gasteiger charge is -2.31. The van der Waals surface area contributed by atoms with Crippen LogP contribution in [0.15, 0.2) is 0 Å².